The maximum Gasteiger partial charge on any atom is 0.296 e. The van der Waals surface area contributed by atoms with Crippen molar-refractivity contribution in [1.29, 1.82) is 0 Å². The zero-order chi connectivity index (χ0) is 18.8. The number of unbranched alkanes of at least 4 members (excludes halogenated alkanes) is 2. The molecule has 1 aliphatic rings. The molecule has 0 N–H and O–H groups in total. The molecule has 1 aromatic carbocycles. The third-order valence-corrected chi connectivity index (χ3v) is 5.29. The molecule has 0 saturated carbocycles. The average Bonchev–Trinajstić information content (AvgIpc) is 2.65. The first-order valence-corrected chi connectivity index (χ1v) is 10.2. The molecule has 0 fully saturated rings. The van der Waals surface area contributed by atoms with Crippen molar-refractivity contribution in [3.63, 3.8) is 0 Å². The van der Waals surface area contributed by atoms with E-state index in [4.69, 9.17) is 15.0 Å². The van der Waals surface area contributed by atoms with Crippen LogP contribution in [0.5, 0.6) is 11.5 Å². The lowest BCUT2D eigenvalue weighted by Gasteiger charge is -2.16. The van der Waals surface area contributed by atoms with E-state index in [9.17, 15) is 0 Å². The number of rotatable bonds is 10. The van der Waals surface area contributed by atoms with Gasteiger partial charge >= 0.3 is 0 Å². The minimum absolute atomic E-state index is 0.659. The standard InChI is InChI=1S/C21H28N2O2S/c1-4-6-12-24-18-10-11-19(25-13-7-5-2)21(15-18)26-20-14-17(23-22)9-8-16(20)3/h8,10-11,14-15H,4-7,9,12-13H2,1-3H3. The van der Waals surface area contributed by atoms with Crippen LogP contribution in [0.15, 0.2) is 45.7 Å². The Balaban J connectivity index is 2.23. The van der Waals surface area contributed by atoms with Gasteiger partial charge in [0, 0.05) is 11.0 Å². The van der Waals surface area contributed by atoms with Crippen LogP contribution in [0.2, 0.25) is 0 Å². The maximum absolute atomic E-state index is 9.08. The Kier molecular flexibility index (Phi) is 8.52. The van der Waals surface area contributed by atoms with Gasteiger partial charge in [0.05, 0.1) is 24.5 Å². The first-order valence-electron chi connectivity index (χ1n) is 9.35. The van der Waals surface area contributed by atoms with E-state index in [2.05, 4.69) is 31.6 Å². The molecule has 0 spiro atoms. The molecule has 0 heterocycles. The van der Waals surface area contributed by atoms with Crippen LogP contribution < -0.4 is 9.47 Å². The SMILES string of the molecule is CCCCOc1ccc(OCCCC)c(SC2=CC(=[N+]=[N-])CC=C2C)c1. The van der Waals surface area contributed by atoms with Crippen LogP contribution in [-0.4, -0.2) is 23.7 Å². The number of nitrogens with zero attached hydrogens (tertiary/aromatic N) is 2. The minimum Gasteiger partial charge on any atom is -0.494 e. The lowest BCUT2D eigenvalue weighted by molar-refractivity contribution is -0.00542. The molecule has 1 aromatic rings. The van der Waals surface area contributed by atoms with E-state index in [1.54, 1.807) is 11.8 Å². The van der Waals surface area contributed by atoms with E-state index in [0.717, 1.165) is 53.6 Å². The van der Waals surface area contributed by atoms with Gasteiger partial charge in [0.25, 0.3) is 5.71 Å². The van der Waals surface area contributed by atoms with Crippen molar-refractivity contribution in [3.05, 3.63) is 46.4 Å². The molecule has 1 aliphatic carbocycles. The highest BCUT2D eigenvalue weighted by molar-refractivity contribution is 8.03. The number of hydrogen-bond donors (Lipinski definition) is 0. The minimum atomic E-state index is 0.659. The number of hydrogen-bond acceptors (Lipinski definition) is 3. The zero-order valence-corrected chi connectivity index (χ0v) is 16.8. The van der Waals surface area contributed by atoms with Crippen LogP contribution in [0, 0.1) is 0 Å². The van der Waals surface area contributed by atoms with Gasteiger partial charge in [-0.15, -0.1) is 0 Å². The van der Waals surface area contributed by atoms with Gasteiger partial charge < -0.3 is 15.0 Å². The monoisotopic (exact) mass is 372 g/mol. The highest BCUT2D eigenvalue weighted by atomic mass is 32.2. The molecule has 0 unspecified atom stereocenters. The fourth-order valence-corrected chi connectivity index (χ4v) is 3.50. The molecule has 0 aromatic heterocycles. The molecule has 0 atom stereocenters. The lowest BCUT2D eigenvalue weighted by Crippen LogP contribution is -2.03. The van der Waals surface area contributed by atoms with Gasteiger partial charge in [-0.2, -0.15) is 4.79 Å². The van der Waals surface area contributed by atoms with Gasteiger partial charge in [-0.3, -0.25) is 0 Å². The molecule has 5 heteroatoms. The molecule has 0 saturated heterocycles. The summed E-state index contributed by atoms with van der Waals surface area (Å²) in [4.78, 5) is 5.44. The summed E-state index contributed by atoms with van der Waals surface area (Å²) < 4.78 is 11.8. The van der Waals surface area contributed by atoms with E-state index >= 15 is 0 Å². The van der Waals surface area contributed by atoms with Crippen LogP contribution in [0.25, 0.3) is 5.53 Å². The van der Waals surface area contributed by atoms with Gasteiger partial charge in [-0.05, 0) is 43.5 Å². The molecular formula is C21H28N2O2S. The van der Waals surface area contributed by atoms with Crippen LogP contribution >= 0.6 is 11.8 Å². The third kappa shape index (κ3) is 6.08. The normalized spacial score (nSPS) is 13.7. The quantitative estimate of drug-likeness (QED) is 0.286. The number of allylic oxidation sites excluding steroid dienone is 3. The summed E-state index contributed by atoms with van der Waals surface area (Å²) in [6.07, 6.45) is 8.95. The number of ether oxygens (including phenoxy) is 2. The Morgan fingerprint density at radius 1 is 1.12 bits per heavy atom. The smallest absolute Gasteiger partial charge is 0.296 e. The van der Waals surface area contributed by atoms with E-state index in [1.165, 1.54) is 5.57 Å². The summed E-state index contributed by atoms with van der Waals surface area (Å²) in [7, 11) is 0. The average molecular weight is 373 g/mol. The number of benzene rings is 1. The Bertz CT molecular complexity index is 719. The summed E-state index contributed by atoms with van der Waals surface area (Å²) in [5.74, 6) is 1.73. The first-order chi connectivity index (χ1) is 12.7. The van der Waals surface area contributed by atoms with Crippen molar-refractivity contribution in [1.82, 2.24) is 0 Å². The molecule has 0 bridgehead atoms. The van der Waals surface area contributed by atoms with E-state index in [0.29, 0.717) is 18.7 Å². The van der Waals surface area contributed by atoms with Crippen molar-refractivity contribution in [2.45, 2.75) is 57.8 Å². The van der Waals surface area contributed by atoms with E-state index in [1.807, 2.05) is 24.3 Å². The molecular weight excluding hydrogens is 344 g/mol. The largest absolute Gasteiger partial charge is 0.494 e. The molecule has 4 nitrogen and oxygen atoms in total. The summed E-state index contributed by atoms with van der Waals surface area (Å²) in [6, 6.07) is 6.00. The maximum atomic E-state index is 9.08. The van der Waals surface area contributed by atoms with Crippen LogP contribution in [0.1, 0.15) is 52.9 Å². The summed E-state index contributed by atoms with van der Waals surface area (Å²) in [6.45, 7) is 7.81. The van der Waals surface area contributed by atoms with Crippen molar-refractivity contribution in [2.24, 2.45) is 0 Å². The first kappa shape index (κ1) is 20.3. The highest BCUT2D eigenvalue weighted by Crippen LogP contribution is 2.40. The third-order valence-electron chi connectivity index (χ3n) is 4.09. The van der Waals surface area contributed by atoms with E-state index < -0.39 is 0 Å². The van der Waals surface area contributed by atoms with Gasteiger partial charge in [0.2, 0.25) is 0 Å². The van der Waals surface area contributed by atoms with Crippen molar-refractivity contribution in [3.8, 4) is 11.5 Å². The van der Waals surface area contributed by atoms with Crippen molar-refractivity contribution in [2.75, 3.05) is 13.2 Å². The molecule has 0 amide bonds. The van der Waals surface area contributed by atoms with Gasteiger partial charge in [0.1, 0.15) is 11.5 Å². The van der Waals surface area contributed by atoms with Gasteiger partial charge in [-0.25, -0.2) is 0 Å². The van der Waals surface area contributed by atoms with Crippen LogP contribution in [0.3, 0.4) is 0 Å². The highest BCUT2D eigenvalue weighted by Gasteiger charge is 2.17. The van der Waals surface area contributed by atoms with Crippen molar-refractivity contribution < 1.29 is 14.3 Å². The van der Waals surface area contributed by atoms with Crippen molar-refractivity contribution >= 4 is 17.5 Å². The Hall–Kier alpha value is -1.97. The summed E-state index contributed by atoms with van der Waals surface area (Å²) >= 11 is 1.63. The molecule has 26 heavy (non-hydrogen) atoms. The Morgan fingerprint density at radius 2 is 1.85 bits per heavy atom. The second-order valence-electron chi connectivity index (χ2n) is 6.31. The summed E-state index contributed by atoms with van der Waals surface area (Å²) in [5, 5.41) is 0. The predicted molar refractivity (Wildman–Crippen MR) is 108 cm³/mol. The molecule has 0 aliphatic heterocycles. The summed E-state index contributed by atoms with van der Waals surface area (Å²) in [5.41, 5.74) is 10.9. The predicted octanol–water partition coefficient (Wildman–Crippen LogP) is 6.04. The lowest BCUT2D eigenvalue weighted by atomic mass is 10.1. The van der Waals surface area contributed by atoms with Crippen LogP contribution in [-0.2, 0) is 0 Å². The fourth-order valence-electron chi connectivity index (χ4n) is 2.42. The van der Waals surface area contributed by atoms with E-state index in [-0.39, 0.29) is 0 Å². The number of thioether (sulfide) groups is 1. The molecule has 0 radical (unpaired) electrons. The van der Waals surface area contributed by atoms with Crippen LogP contribution in [0.4, 0.5) is 0 Å². The second kappa shape index (κ2) is 10.9. The Morgan fingerprint density at radius 3 is 2.54 bits per heavy atom. The zero-order valence-electron chi connectivity index (χ0n) is 16.0. The van der Waals surface area contributed by atoms with Gasteiger partial charge in [0.15, 0.2) is 0 Å². The van der Waals surface area contributed by atoms with Gasteiger partial charge in [-0.1, -0.05) is 44.5 Å². The molecule has 2 rings (SSSR count). The second-order valence-corrected chi connectivity index (χ2v) is 7.39. The Labute approximate surface area is 160 Å². The fraction of sp³-hybridized carbons (Fsp3) is 0.476. The molecule has 140 valence electrons. The topological polar surface area (TPSA) is 54.9 Å².